The van der Waals surface area contributed by atoms with Crippen LogP contribution in [0.4, 0.5) is 0 Å². The van der Waals surface area contributed by atoms with E-state index in [1.165, 1.54) is 6.08 Å². The lowest BCUT2D eigenvalue weighted by Crippen LogP contribution is -2.35. The van der Waals surface area contributed by atoms with E-state index in [0.717, 1.165) is 29.1 Å². The summed E-state index contributed by atoms with van der Waals surface area (Å²) in [6.45, 7) is 9.74. The molecule has 0 spiro atoms. The largest absolute Gasteiger partial charge is 0.493 e. The Morgan fingerprint density at radius 1 is 1.31 bits per heavy atom. The molecule has 29 heavy (non-hydrogen) atoms. The van der Waals surface area contributed by atoms with Crippen LogP contribution in [0.1, 0.15) is 36.4 Å². The summed E-state index contributed by atoms with van der Waals surface area (Å²) in [5, 5.41) is 6.82. The summed E-state index contributed by atoms with van der Waals surface area (Å²) in [6.07, 6.45) is 3.27. The van der Waals surface area contributed by atoms with Gasteiger partial charge in [0.1, 0.15) is 12.4 Å². The molecule has 7 nitrogen and oxygen atoms in total. The normalized spacial score (nSPS) is 11.4. The monoisotopic (exact) mass is 401 g/mol. The summed E-state index contributed by atoms with van der Waals surface area (Å²) in [5.41, 5.74) is 2.59. The lowest BCUT2D eigenvalue weighted by Gasteiger charge is -2.20. The van der Waals surface area contributed by atoms with E-state index in [2.05, 4.69) is 29.2 Å². The van der Waals surface area contributed by atoms with E-state index in [0.29, 0.717) is 30.7 Å². The topological polar surface area (TPSA) is 76.8 Å². The third-order valence-electron chi connectivity index (χ3n) is 4.81. The number of methoxy groups -OCH3 is 1. The maximum atomic E-state index is 12.0. The van der Waals surface area contributed by atoms with Gasteiger partial charge in [0, 0.05) is 25.2 Å². The molecule has 0 aliphatic carbocycles. The second-order valence-electron chi connectivity index (χ2n) is 7.20. The summed E-state index contributed by atoms with van der Waals surface area (Å²) in [6, 6.07) is 5.99. The van der Waals surface area contributed by atoms with Crippen molar-refractivity contribution in [1.29, 1.82) is 0 Å². The van der Waals surface area contributed by atoms with Crippen LogP contribution in [-0.4, -0.2) is 49.3 Å². The van der Waals surface area contributed by atoms with Crippen molar-refractivity contribution in [2.45, 2.75) is 40.3 Å². The first kappa shape index (κ1) is 22.5. The molecule has 158 valence electrons. The fourth-order valence-electron chi connectivity index (χ4n) is 2.61. The molecular formula is C22H31N3O4. The molecule has 1 aromatic heterocycles. The lowest BCUT2D eigenvalue weighted by molar-refractivity contribution is -0.116. The fourth-order valence-corrected chi connectivity index (χ4v) is 2.61. The number of aromatic nitrogens is 1. The van der Waals surface area contributed by atoms with Crippen molar-refractivity contribution in [2.24, 2.45) is 0 Å². The molecular weight excluding hydrogens is 370 g/mol. The maximum Gasteiger partial charge on any atom is 0.244 e. The van der Waals surface area contributed by atoms with Gasteiger partial charge in [-0.15, -0.1) is 0 Å². The number of aryl methyl sites for hydroxylation is 2. The lowest BCUT2D eigenvalue weighted by atomic mass is 10.2. The number of likely N-dealkylation sites (N-methyl/N-ethyl adjacent to an activating group) is 1. The van der Waals surface area contributed by atoms with Crippen LogP contribution in [0.3, 0.4) is 0 Å². The Hall–Kier alpha value is -2.80. The van der Waals surface area contributed by atoms with Crippen LogP contribution in [0.25, 0.3) is 6.08 Å². The average Bonchev–Trinajstić information content (AvgIpc) is 3.02. The smallest absolute Gasteiger partial charge is 0.244 e. The first-order valence-electron chi connectivity index (χ1n) is 9.70. The standard InChI is InChI=1S/C22H31N3O4/c1-15(2)25(5)12-11-23-22(26)10-8-18-7-9-20(21(13-18)27-6)28-14-19-16(3)24-29-17(19)4/h7-10,13,15H,11-12,14H2,1-6H3,(H,23,26)/b10-8+. The van der Waals surface area contributed by atoms with Gasteiger partial charge in [-0.3, -0.25) is 4.79 Å². The molecule has 1 aromatic carbocycles. The zero-order chi connectivity index (χ0) is 21.4. The van der Waals surface area contributed by atoms with Crippen LogP contribution in [0.2, 0.25) is 0 Å². The number of nitrogens with one attached hydrogen (secondary N) is 1. The van der Waals surface area contributed by atoms with E-state index in [1.54, 1.807) is 13.2 Å². The minimum atomic E-state index is -0.125. The highest BCUT2D eigenvalue weighted by Crippen LogP contribution is 2.30. The first-order valence-corrected chi connectivity index (χ1v) is 9.70. The first-order chi connectivity index (χ1) is 13.8. The Labute approximate surface area is 172 Å². The molecule has 0 saturated carbocycles. The number of hydrogen-bond acceptors (Lipinski definition) is 6. The predicted octanol–water partition coefficient (Wildman–Crippen LogP) is 3.35. The van der Waals surface area contributed by atoms with Crippen molar-refractivity contribution in [3.05, 3.63) is 46.9 Å². The predicted molar refractivity (Wildman–Crippen MR) is 113 cm³/mol. The van der Waals surface area contributed by atoms with E-state index in [4.69, 9.17) is 14.0 Å². The number of rotatable bonds is 10. The van der Waals surface area contributed by atoms with Gasteiger partial charge >= 0.3 is 0 Å². The van der Waals surface area contributed by atoms with Crippen molar-refractivity contribution >= 4 is 12.0 Å². The summed E-state index contributed by atoms with van der Waals surface area (Å²) >= 11 is 0. The molecule has 0 aliphatic heterocycles. The second-order valence-corrected chi connectivity index (χ2v) is 7.20. The van der Waals surface area contributed by atoms with Gasteiger partial charge in [-0.2, -0.15) is 0 Å². The summed E-state index contributed by atoms with van der Waals surface area (Å²) in [5.74, 6) is 1.83. The summed E-state index contributed by atoms with van der Waals surface area (Å²) < 4.78 is 16.5. The zero-order valence-electron chi connectivity index (χ0n) is 18.1. The number of nitrogens with zero attached hydrogens (tertiary/aromatic N) is 2. The van der Waals surface area contributed by atoms with Gasteiger partial charge in [-0.1, -0.05) is 11.2 Å². The molecule has 0 bridgehead atoms. The molecule has 2 aromatic rings. The van der Waals surface area contributed by atoms with Gasteiger partial charge in [0.2, 0.25) is 5.91 Å². The summed E-state index contributed by atoms with van der Waals surface area (Å²) in [7, 11) is 3.62. The molecule has 0 unspecified atom stereocenters. The SMILES string of the molecule is COc1cc(/C=C/C(=O)NCCN(C)C(C)C)ccc1OCc1c(C)noc1C. The van der Waals surface area contributed by atoms with Crippen molar-refractivity contribution in [3.63, 3.8) is 0 Å². The van der Waals surface area contributed by atoms with Crippen LogP contribution >= 0.6 is 0 Å². The molecule has 1 amide bonds. The van der Waals surface area contributed by atoms with Gasteiger partial charge in [0.05, 0.1) is 18.4 Å². The Balaban J connectivity index is 1.93. The van der Waals surface area contributed by atoms with Gasteiger partial charge < -0.3 is 24.2 Å². The summed E-state index contributed by atoms with van der Waals surface area (Å²) in [4.78, 5) is 14.2. The van der Waals surface area contributed by atoms with E-state index in [-0.39, 0.29) is 5.91 Å². The highest BCUT2D eigenvalue weighted by atomic mass is 16.5. The molecule has 7 heteroatoms. The highest BCUT2D eigenvalue weighted by Gasteiger charge is 2.12. The number of ether oxygens (including phenoxy) is 2. The van der Waals surface area contributed by atoms with Crippen LogP contribution in [-0.2, 0) is 11.4 Å². The van der Waals surface area contributed by atoms with Crippen molar-refractivity contribution in [2.75, 3.05) is 27.2 Å². The minimum Gasteiger partial charge on any atom is -0.493 e. The van der Waals surface area contributed by atoms with E-state index >= 15 is 0 Å². The fraction of sp³-hybridized carbons (Fsp3) is 0.455. The van der Waals surface area contributed by atoms with E-state index < -0.39 is 0 Å². The third kappa shape index (κ3) is 6.64. The number of benzene rings is 1. The van der Waals surface area contributed by atoms with Crippen molar-refractivity contribution in [3.8, 4) is 11.5 Å². The quantitative estimate of drug-likeness (QED) is 0.615. The van der Waals surface area contributed by atoms with Gasteiger partial charge in [-0.05, 0) is 58.5 Å². The number of hydrogen-bond donors (Lipinski definition) is 1. The molecule has 0 aliphatic rings. The Morgan fingerprint density at radius 3 is 2.69 bits per heavy atom. The Kier molecular flexibility index (Phi) is 8.27. The zero-order valence-corrected chi connectivity index (χ0v) is 18.1. The minimum absolute atomic E-state index is 0.125. The second kappa shape index (κ2) is 10.7. The van der Waals surface area contributed by atoms with E-state index in [9.17, 15) is 4.79 Å². The van der Waals surface area contributed by atoms with Crippen LogP contribution in [0, 0.1) is 13.8 Å². The third-order valence-corrected chi connectivity index (χ3v) is 4.81. The van der Waals surface area contributed by atoms with Crippen molar-refractivity contribution in [1.82, 2.24) is 15.4 Å². The number of carbonyl (C=O) groups excluding carboxylic acids is 1. The highest BCUT2D eigenvalue weighted by molar-refractivity contribution is 5.91. The molecule has 0 atom stereocenters. The van der Waals surface area contributed by atoms with Gasteiger partial charge in [-0.25, -0.2) is 0 Å². The Morgan fingerprint density at radius 2 is 2.07 bits per heavy atom. The number of carbonyl (C=O) groups is 1. The average molecular weight is 402 g/mol. The molecule has 0 radical (unpaired) electrons. The van der Waals surface area contributed by atoms with Crippen molar-refractivity contribution < 1.29 is 18.8 Å². The van der Waals surface area contributed by atoms with Crippen LogP contribution in [0.15, 0.2) is 28.8 Å². The van der Waals surface area contributed by atoms with Crippen LogP contribution in [0.5, 0.6) is 11.5 Å². The molecule has 0 saturated heterocycles. The van der Waals surface area contributed by atoms with Gasteiger partial charge in [0.15, 0.2) is 11.5 Å². The Bertz CT molecular complexity index is 823. The maximum absolute atomic E-state index is 12.0. The van der Waals surface area contributed by atoms with Crippen LogP contribution < -0.4 is 14.8 Å². The number of amides is 1. The van der Waals surface area contributed by atoms with E-state index in [1.807, 2.05) is 39.1 Å². The molecule has 2 rings (SSSR count). The molecule has 1 N–H and O–H groups in total. The molecule has 1 heterocycles. The molecule has 0 fully saturated rings. The van der Waals surface area contributed by atoms with Gasteiger partial charge in [0.25, 0.3) is 0 Å².